The van der Waals surface area contributed by atoms with Gasteiger partial charge in [-0.3, -0.25) is 0 Å². The van der Waals surface area contributed by atoms with Gasteiger partial charge in [0.05, 0.1) is 6.04 Å². The number of rotatable bonds is 1. The summed E-state index contributed by atoms with van der Waals surface area (Å²) in [7, 11) is 0. The van der Waals surface area contributed by atoms with E-state index in [0.29, 0.717) is 11.1 Å². The van der Waals surface area contributed by atoms with E-state index in [1.165, 1.54) is 0 Å². The van der Waals surface area contributed by atoms with Gasteiger partial charge in [0.2, 0.25) is 5.95 Å². The van der Waals surface area contributed by atoms with Gasteiger partial charge in [-0.15, -0.1) is 5.10 Å². The third-order valence-corrected chi connectivity index (χ3v) is 3.21. The Morgan fingerprint density at radius 2 is 2.35 bits per heavy atom. The Hall–Kier alpha value is -1.55. The van der Waals surface area contributed by atoms with Gasteiger partial charge >= 0.3 is 0 Å². The molecule has 17 heavy (non-hydrogen) atoms. The maximum absolute atomic E-state index is 5.97. The van der Waals surface area contributed by atoms with Crippen LogP contribution >= 0.6 is 11.6 Å². The van der Waals surface area contributed by atoms with Crippen LogP contribution in [0.4, 0.5) is 5.95 Å². The Kier molecular flexibility index (Phi) is 2.52. The van der Waals surface area contributed by atoms with Gasteiger partial charge in [0.15, 0.2) is 5.82 Å². The van der Waals surface area contributed by atoms with Gasteiger partial charge in [-0.25, -0.2) is 4.68 Å². The molecular weight excluding hydrogens is 236 g/mol. The Morgan fingerprint density at radius 1 is 1.47 bits per heavy atom. The van der Waals surface area contributed by atoms with Crippen LogP contribution in [0.5, 0.6) is 0 Å². The van der Waals surface area contributed by atoms with E-state index in [9.17, 15) is 0 Å². The van der Waals surface area contributed by atoms with Crippen molar-refractivity contribution in [1.82, 2.24) is 14.8 Å². The van der Waals surface area contributed by atoms with Crippen molar-refractivity contribution < 1.29 is 0 Å². The Bertz CT molecular complexity index is 549. The minimum Gasteiger partial charge on any atom is -0.354 e. The molecule has 1 unspecified atom stereocenters. The molecule has 2 aromatic rings. The molecule has 88 valence electrons. The summed E-state index contributed by atoms with van der Waals surface area (Å²) in [6, 6.07) is 8.01. The second-order valence-electron chi connectivity index (χ2n) is 4.28. The summed E-state index contributed by atoms with van der Waals surface area (Å²) in [5, 5.41) is 8.49. The lowest BCUT2D eigenvalue weighted by Crippen LogP contribution is -2.21. The first-order valence-electron chi connectivity index (χ1n) is 5.70. The molecule has 1 aromatic heterocycles. The first-order valence-corrected chi connectivity index (χ1v) is 6.08. The van der Waals surface area contributed by atoms with Gasteiger partial charge < -0.3 is 5.32 Å². The quantitative estimate of drug-likeness (QED) is 0.844. The highest BCUT2D eigenvalue weighted by molar-refractivity contribution is 6.30. The van der Waals surface area contributed by atoms with Crippen molar-refractivity contribution in [2.75, 3.05) is 11.9 Å². The van der Waals surface area contributed by atoms with Crippen LogP contribution in [-0.4, -0.2) is 21.3 Å². The number of aromatic nitrogens is 3. The normalized spacial score (nSPS) is 18.6. The molecule has 0 aliphatic carbocycles. The Balaban J connectivity index is 2.05. The molecule has 1 N–H and O–H groups in total. The average Bonchev–Trinajstić information content (AvgIpc) is 2.74. The van der Waals surface area contributed by atoms with Crippen molar-refractivity contribution in [2.45, 2.75) is 19.4 Å². The SMILES string of the molecule is CC1CCNc2nc(-c3cccc(Cl)c3)nn21. The van der Waals surface area contributed by atoms with Crippen molar-refractivity contribution in [3.8, 4) is 11.4 Å². The van der Waals surface area contributed by atoms with Crippen LogP contribution in [0.25, 0.3) is 11.4 Å². The van der Waals surface area contributed by atoms with Crippen molar-refractivity contribution >= 4 is 17.5 Å². The van der Waals surface area contributed by atoms with Crippen LogP contribution in [0.3, 0.4) is 0 Å². The van der Waals surface area contributed by atoms with Crippen LogP contribution in [0.2, 0.25) is 5.02 Å². The predicted octanol–water partition coefficient (Wildman–Crippen LogP) is 2.98. The van der Waals surface area contributed by atoms with E-state index in [2.05, 4.69) is 22.3 Å². The third kappa shape index (κ3) is 1.89. The number of fused-ring (bicyclic) bond motifs is 1. The molecule has 0 radical (unpaired) electrons. The van der Waals surface area contributed by atoms with E-state index < -0.39 is 0 Å². The molecule has 1 aliphatic heterocycles. The van der Waals surface area contributed by atoms with Crippen molar-refractivity contribution in [2.24, 2.45) is 0 Å². The number of anilines is 1. The zero-order valence-electron chi connectivity index (χ0n) is 9.52. The minimum absolute atomic E-state index is 0.395. The van der Waals surface area contributed by atoms with Crippen LogP contribution in [0, 0.1) is 0 Å². The van der Waals surface area contributed by atoms with Gasteiger partial charge in [0.1, 0.15) is 0 Å². The molecule has 0 saturated carbocycles. The molecule has 0 fully saturated rings. The van der Waals surface area contributed by atoms with Crippen LogP contribution < -0.4 is 5.32 Å². The Labute approximate surface area is 105 Å². The average molecular weight is 249 g/mol. The molecule has 2 heterocycles. The molecule has 0 spiro atoms. The number of hydrogen-bond donors (Lipinski definition) is 1. The number of nitrogens with zero attached hydrogens (tertiary/aromatic N) is 3. The second-order valence-corrected chi connectivity index (χ2v) is 4.71. The van der Waals surface area contributed by atoms with Gasteiger partial charge in [0, 0.05) is 17.1 Å². The van der Waals surface area contributed by atoms with Gasteiger partial charge in [-0.2, -0.15) is 4.98 Å². The molecule has 1 atom stereocenters. The molecule has 0 bridgehead atoms. The van der Waals surface area contributed by atoms with Gasteiger partial charge in [-0.05, 0) is 25.5 Å². The zero-order chi connectivity index (χ0) is 11.8. The van der Waals surface area contributed by atoms with Crippen molar-refractivity contribution in [1.29, 1.82) is 0 Å². The van der Waals surface area contributed by atoms with E-state index in [1.54, 1.807) is 0 Å². The maximum atomic E-state index is 5.97. The summed E-state index contributed by atoms with van der Waals surface area (Å²) >= 11 is 5.97. The highest BCUT2D eigenvalue weighted by atomic mass is 35.5. The first-order chi connectivity index (χ1) is 8.24. The molecule has 5 heteroatoms. The number of hydrogen-bond acceptors (Lipinski definition) is 3. The summed E-state index contributed by atoms with van der Waals surface area (Å²) in [5.74, 6) is 1.57. The van der Waals surface area contributed by atoms with E-state index >= 15 is 0 Å². The molecular formula is C12H13ClN4. The van der Waals surface area contributed by atoms with Gasteiger partial charge in [0.25, 0.3) is 0 Å². The number of benzene rings is 1. The summed E-state index contributed by atoms with van der Waals surface area (Å²) in [6.45, 7) is 3.11. The summed E-state index contributed by atoms with van der Waals surface area (Å²) in [4.78, 5) is 4.49. The molecule has 0 amide bonds. The first kappa shape index (κ1) is 10.6. The van der Waals surface area contributed by atoms with E-state index in [1.807, 2.05) is 28.9 Å². The predicted molar refractivity (Wildman–Crippen MR) is 68.3 cm³/mol. The summed E-state index contributed by atoms with van der Waals surface area (Å²) in [6.07, 6.45) is 1.07. The van der Waals surface area contributed by atoms with Gasteiger partial charge in [-0.1, -0.05) is 23.7 Å². The molecule has 1 aromatic carbocycles. The fourth-order valence-electron chi connectivity index (χ4n) is 2.02. The zero-order valence-corrected chi connectivity index (χ0v) is 10.3. The lowest BCUT2D eigenvalue weighted by Gasteiger charge is -2.20. The fraction of sp³-hybridized carbons (Fsp3) is 0.333. The largest absolute Gasteiger partial charge is 0.354 e. The van der Waals surface area contributed by atoms with E-state index in [-0.39, 0.29) is 0 Å². The molecule has 4 nitrogen and oxygen atoms in total. The highest BCUT2D eigenvalue weighted by Crippen LogP contribution is 2.26. The van der Waals surface area contributed by atoms with Crippen LogP contribution in [-0.2, 0) is 0 Å². The topological polar surface area (TPSA) is 42.7 Å². The number of halogens is 1. The van der Waals surface area contributed by atoms with E-state index in [4.69, 9.17) is 11.6 Å². The molecule has 3 rings (SSSR count). The smallest absolute Gasteiger partial charge is 0.221 e. The van der Waals surface area contributed by atoms with Crippen LogP contribution in [0.15, 0.2) is 24.3 Å². The lowest BCUT2D eigenvalue weighted by molar-refractivity contribution is 0.452. The minimum atomic E-state index is 0.395. The Morgan fingerprint density at radius 3 is 3.12 bits per heavy atom. The fourth-order valence-corrected chi connectivity index (χ4v) is 2.21. The maximum Gasteiger partial charge on any atom is 0.221 e. The third-order valence-electron chi connectivity index (χ3n) is 2.98. The molecule has 0 saturated heterocycles. The lowest BCUT2D eigenvalue weighted by atomic mass is 10.2. The number of nitrogens with one attached hydrogen (secondary N) is 1. The standard InChI is InChI=1S/C12H13ClN4/c1-8-5-6-14-12-15-11(16-17(8)12)9-3-2-4-10(13)7-9/h2-4,7-8H,5-6H2,1H3,(H,14,15,16). The molecule has 1 aliphatic rings. The van der Waals surface area contributed by atoms with Crippen LogP contribution in [0.1, 0.15) is 19.4 Å². The van der Waals surface area contributed by atoms with E-state index in [0.717, 1.165) is 30.3 Å². The van der Waals surface area contributed by atoms with Crippen molar-refractivity contribution in [3.05, 3.63) is 29.3 Å². The monoisotopic (exact) mass is 248 g/mol. The summed E-state index contributed by atoms with van der Waals surface area (Å²) in [5.41, 5.74) is 0.952. The highest BCUT2D eigenvalue weighted by Gasteiger charge is 2.19. The summed E-state index contributed by atoms with van der Waals surface area (Å²) < 4.78 is 1.94. The second kappa shape index (κ2) is 4.04. The van der Waals surface area contributed by atoms with Crippen molar-refractivity contribution in [3.63, 3.8) is 0 Å².